The van der Waals surface area contributed by atoms with Gasteiger partial charge < -0.3 is 15.0 Å². The molecule has 2 aromatic carbocycles. The van der Waals surface area contributed by atoms with Crippen molar-refractivity contribution in [3.05, 3.63) is 65.2 Å². The first-order valence-electron chi connectivity index (χ1n) is 10.4. The van der Waals surface area contributed by atoms with Crippen LogP contribution in [0.2, 0.25) is 0 Å². The van der Waals surface area contributed by atoms with E-state index in [0.717, 1.165) is 37.9 Å². The Labute approximate surface area is 173 Å². The van der Waals surface area contributed by atoms with Crippen LogP contribution in [-0.2, 0) is 9.53 Å². The number of nitrogens with one attached hydrogen (secondary N) is 1. The van der Waals surface area contributed by atoms with Crippen molar-refractivity contribution in [2.75, 3.05) is 31.6 Å². The van der Waals surface area contributed by atoms with Crippen LogP contribution in [-0.4, -0.2) is 43.0 Å². The van der Waals surface area contributed by atoms with Crippen molar-refractivity contribution >= 4 is 17.5 Å². The molecular formula is C24H30N2O3. The summed E-state index contributed by atoms with van der Waals surface area (Å²) in [5, 5.41) is 2.85. The molecule has 2 amide bonds. The van der Waals surface area contributed by atoms with E-state index < -0.39 is 0 Å². The number of ether oxygens (including phenoxy) is 1. The lowest BCUT2D eigenvalue weighted by molar-refractivity contribution is -0.120. The minimum atomic E-state index is -0.208. The highest BCUT2D eigenvalue weighted by Crippen LogP contribution is 2.28. The summed E-state index contributed by atoms with van der Waals surface area (Å²) in [6.07, 6.45) is 3.06. The average Bonchev–Trinajstić information content (AvgIpc) is 3.00. The van der Waals surface area contributed by atoms with Crippen LogP contribution in [0, 0.1) is 6.92 Å². The molecule has 1 unspecified atom stereocenters. The number of amides is 2. The fourth-order valence-electron chi connectivity index (χ4n) is 3.81. The van der Waals surface area contributed by atoms with Gasteiger partial charge in [0, 0.05) is 30.9 Å². The molecule has 1 atom stereocenters. The fourth-order valence-corrected chi connectivity index (χ4v) is 3.81. The number of carbonyl (C=O) groups is 2. The van der Waals surface area contributed by atoms with Gasteiger partial charge in [0.2, 0.25) is 5.91 Å². The van der Waals surface area contributed by atoms with Crippen molar-refractivity contribution in [3.8, 4) is 0 Å². The van der Waals surface area contributed by atoms with E-state index in [9.17, 15) is 9.59 Å². The van der Waals surface area contributed by atoms with Gasteiger partial charge in [-0.2, -0.15) is 0 Å². The van der Waals surface area contributed by atoms with E-state index in [1.807, 2.05) is 36.9 Å². The zero-order chi connectivity index (χ0) is 20.6. The average molecular weight is 395 g/mol. The highest BCUT2D eigenvalue weighted by molar-refractivity contribution is 5.98. The Morgan fingerprint density at radius 2 is 1.90 bits per heavy atom. The summed E-state index contributed by atoms with van der Waals surface area (Å²) in [5.74, 6) is 0.319. The van der Waals surface area contributed by atoms with Crippen LogP contribution < -0.4 is 5.32 Å². The van der Waals surface area contributed by atoms with E-state index >= 15 is 0 Å². The molecular weight excluding hydrogens is 364 g/mol. The predicted octanol–water partition coefficient (Wildman–Crippen LogP) is 4.38. The van der Waals surface area contributed by atoms with Crippen molar-refractivity contribution in [2.24, 2.45) is 0 Å². The molecule has 2 aromatic rings. The normalized spacial score (nSPS) is 16.9. The molecule has 0 bridgehead atoms. The first-order valence-corrected chi connectivity index (χ1v) is 10.4. The third kappa shape index (κ3) is 5.67. The van der Waals surface area contributed by atoms with Gasteiger partial charge in [-0.1, -0.05) is 36.4 Å². The molecule has 3 rings (SSSR count). The second-order valence-corrected chi connectivity index (χ2v) is 7.55. The third-order valence-electron chi connectivity index (χ3n) is 5.48. The second kappa shape index (κ2) is 10.2. The topological polar surface area (TPSA) is 58.6 Å². The number of aryl methyl sites for hydroxylation is 1. The SMILES string of the molecule is CCOCC(=O)Nc1cc(C(=O)N2CCCC(c3ccccc3)CC2)ccc1C. The summed E-state index contributed by atoms with van der Waals surface area (Å²) in [4.78, 5) is 27.0. The molecule has 0 radical (unpaired) electrons. The molecule has 29 heavy (non-hydrogen) atoms. The van der Waals surface area contributed by atoms with Crippen molar-refractivity contribution < 1.29 is 14.3 Å². The van der Waals surface area contributed by atoms with Gasteiger partial charge in [0.05, 0.1) is 0 Å². The van der Waals surface area contributed by atoms with E-state index in [0.29, 0.717) is 23.8 Å². The van der Waals surface area contributed by atoms with Gasteiger partial charge in [-0.25, -0.2) is 0 Å². The summed E-state index contributed by atoms with van der Waals surface area (Å²) in [6.45, 7) is 5.79. The molecule has 0 aliphatic carbocycles. The van der Waals surface area contributed by atoms with Crippen LogP contribution in [0.15, 0.2) is 48.5 Å². The minimum absolute atomic E-state index is 0.0150. The highest BCUT2D eigenvalue weighted by Gasteiger charge is 2.23. The summed E-state index contributed by atoms with van der Waals surface area (Å²) in [7, 11) is 0. The molecule has 5 nitrogen and oxygen atoms in total. The monoisotopic (exact) mass is 394 g/mol. The second-order valence-electron chi connectivity index (χ2n) is 7.55. The summed E-state index contributed by atoms with van der Waals surface area (Å²) >= 11 is 0. The minimum Gasteiger partial charge on any atom is -0.372 e. The third-order valence-corrected chi connectivity index (χ3v) is 5.48. The molecule has 0 spiro atoms. The number of nitrogens with zero attached hydrogens (tertiary/aromatic N) is 1. The van der Waals surface area contributed by atoms with Gasteiger partial charge in [-0.15, -0.1) is 0 Å². The number of anilines is 1. The van der Waals surface area contributed by atoms with Gasteiger partial charge in [-0.05, 0) is 62.3 Å². The van der Waals surface area contributed by atoms with Crippen molar-refractivity contribution in [2.45, 2.75) is 39.0 Å². The zero-order valence-electron chi connectivity index (χ0n) is 17.3. The molecule has 1 saturated heterocycles. The Balaban J connectivity index is 1.66. The van der Waals surface area contributed by atoms with Gasteiger partial charge in [0.15, 0.2) is 0 Å². The van der Waals surface area contributed by atoms with Gasteiger partial charge in [0.25, 0.3) is 5.91 Å². The number of hydrogen-bond donors (Lipinski definition) is 1. The molecule has 1 aliphatic rings. The Bertz CT molecular complexity index is 835. The lowest BCUT2D eigenvalue weighted by Gasteiger charge is -2.21. The number of likely N-dealkylation sites (tertiary alicyclic amines) is 1. The maximum Gasteiger partial charge on any atom is 0.253 e. The summed E-state index contributed by atoms with van der Waals surface area (Å²) < 4.78 is 5.15. The molecule has 1 aliphatic heterocycles. The standard InChI is InChI=1S/C24H30N2O3/c1-3-29-17-23(27)25-22-16-21(12-11-18(22)2)24(28)26-14-7-10-20(13-15-26)19-8-5-4-6-9-19/h4-6,8-9,11-12,16,20H,3,7,10,13-15,17H2,1-2H3,(H,25,27). The summed E-state index contributed by atoms with van der Waals surface area (Å²) in [5.41, 5.74) is 3.56. The first kappa shape index (κ1) is 21.1. The Hall–Kier alpha value is -2.66. The fraction of sp³-hybridized carbons (Fsp3) is 0.417. The largest absolute Gasteiger partial charge is 0.372 e. The van der Waals surface area contributed by atoms with Crippen LogP contribution in [0.25, 0.3) is 0 Å². The number of hydrogen-bond acceptors (Lipinski definition) is 3. The lowest BCUT2D eigenvalue weighted by atomic mass is 9.92. The van der Waals surface area contributed by atoms with Crippen molar-refractivity contribution in [3.63, 3.8) is 0 Å². The van der Waals surface area contributed by atoms with Gasteiger partial charge in [-0.3, -0.25) is 9.59 Å². The van der Waals surface area contributed by atoms with Crippen molar-refractivity contribution in [1.29, 1.82) is 0 Å². The Kier molecular flexibility index (Phi) is 7.42. The Morgan fingerprint density at radius 1 is 1.10 bits per heavy atom. The van der Waals surface area contributed by atoms with Crippen LogP contribution in [0.5, 0.6) is 0 Å². The van der Waals surface area contributed by atoms with E-state index in [4.69, 9.17) is 4.74 Å². The maximum atomic E-state index is 13.1. The van der Waals surface area contributed by atoms with Crippen molar-refractivity contribution in [1.82, 2.24) is 4.90 Å². The first-order chi connectivity index (χ1) is 14.1. The quantitative estimate of drug-likeness (QED) is 0.791. The molecule has 0 saturated carbocycles. The van der Waals surface area contributed by atoms with Crippen LogP contribution in [0.4, 0.5) is 5.69 Å². The molecule has 5 heteroatoms. The molecule has 1 N–H and O–H groups in total. The van der Waals surface area contributed by atoms with E-state index in [2.05, 4.69) is 29.6 Å². The molecule has 1 heterocycles. The van der Waals surface area contributed by atoms with E-state index in [-0.39, 0.29) is 18.4 Å². The highest BCUT2D eigenvalue weighted by atomic mass is 16.5. The number of rotatable bonds is 6. The Morgan fingerprint density at radius 3 is 2.66 bits per heavy atom. The predicted molar refractivity (Wildman–Crippen MR) is 115 cm³/mol. The smallest absolute Gasteiger partial charge is 0.253 e. The zero-order valence-corrected chi connectivity index (χ0v) is 17.3. The number of carbonyl (C=O) groups excluding carboxylic acids is 2. The molecule has 154 valence electrons. The van der Waals surface area contributed by atoms with E-state index in [1.54, 1.807) is 6.07 Å². The molecule has 1 fully saturated rings. The lowest BCUT2D eigenvalue weighted by Crippen LogP contribution is -2.32. The van der Waals surface area contributed by atoms with Gasteiger partial charge >= 0.3 is 0 Å². The summed E-state index contributed by atoms with van der Waals surface area (Å²) in [6, 6.07) is 16.1. The van der Waals surface area contributed by atoms with Gasteiger partial charge in [0.1, 0.15) is 6.61 Å². The van der Waals surface area contributed by atoms with Crippen LogP contribution in [0.1, 0.15) is 53.6 Å². The van der Waals surface area contributed by atoms with Crippen LogP contribution in [0.3, 0.4) is 0 Å². The maximum absolute atomic E-state index is 13.1. The van der Waals surface area contributed by atoms with E-state index in [1.165, 1.54) is 5.56 Å². The molecule has 0 aromatic heterocycles. The van der Waals surface area contributed by atoms with Crippen LogP contribution >= 0.6 is 0 Å². The number of benzene rings is 2.